The molecule has 0 aromatic heterocycles. The van der Waals surface area contributed by atoms with E-state index in [1.54, 1.807) is 19.2 Å². The standard InChI is InChI=1S/C17H22F3N5.HI/c1-13(17(18,19)20)24-7-9-25(10-8-24)16(22-2)23-12-15-5-3-14(11-21)4-6-15;/h3-6,13H,7-10,12H2,1-2H3,(H,22,23);1H. The minimum atomic E-state index is -4.20. The molecule has 1 fully saturated rings. The van der Waals surface area contributed by atoms with Crippen LogP contribution >= 0.6 is 24.0 Å². The monoisotopic (exact) mass is 481 g/mol. The second-order valence-corrected chi connectivity index (χ2v) is 5.95. The van der Waals surface area contributed by atoms with Gasteiger partial charge in [0.1, 0.15) is 6.04 Å². The molecular formula is C17H23F3IN5. The lowest BCUT2D eigenvalue weighted by molar-refractivity contribution is -0.181. The van der Waals surface area contributed by atoms with Gasteiger partial charge in [0.25, 0.3) is 0 Å². The average molecular weight is 481 g/mol. The smallest absolute Gasteiger partial charge is 0.352 e. The first kappa shape index (κ1) is 22.5. The number of nitriles is 1. The van der Waals surface area contributed by atoms with E-state index in [0.717, 1.165) is 5.56 Å². The molecule has 144 valence electrons. The second-order valence-electron chi connectivity index (χ2n) is 5.95. The lowest BCUT2D eigenvalue weighted by atomic mass is 10.1. The first-order valence-electron chi connectivity index (χ1n) is 8.10. The van der Waals surface area contributed by atoms with E-state index in [1.807, 2.05) is 17.0 Å². The molecule has 1 N–H and O–H groups in total. The molecule has 0 bridgehead atoms. The Labute approximate surface area is 168 Å². The van der Waals surface area contributed by atoms with Crippen molar-refractivity contribution in [3.63, 3.8) is 0 Å². The van der Waals surface area contributed by atoms with Gasteiger partial charge >= 0.3 is 6.18 Å². The van der Waals surface area contributed by atoms with Gasteiger partial charge in [-0.25, -0.2) is 0 Å². The van der Waals surface area contributed by atoms with Crippen molar-refractivity contribution in [1.82, 2.24) is 15.1 Å². The van der Waals surface area contributed by atoms with E-state index in [9.17, 15) is 13.2 Å². The summed E-state index contributed by atoms with van der Waals surface area (Å²) in [6, 6.07) is 7.86. The zero-order chi connectivity index (χ0) is 18.4. The summed E-state index contributed by atoms with van der Waals surface area (Å²) in [5.41, 5.74) is 1.60. The van der Waals surface area contributed by atoms with Crippen molar-refractivity contribution in [2.24, 2.45) is 4.99 Å². The molecule has 26 heavy (non-hydrogen) atoms. The number of alkyl halides is 3. The highest BCUT2D eigenvalue weighted by atomic mass is 127. The molecule has 0 aliphatic carbocycles. The van der Waals surface area contributed by atoms with Gasteiger partial charge in [0, 0.05) is 39.8 Å². The zero-order valence-corrected chi connectivity index (χ0v) is 17.1. The number of piperazine rings is 1. The molecule has 0 saturated carbocycles. The fraction of sp³-hybridized carbons (Fsp3) is 0.529. The topological polar surface area (TPSA) is 54.7 Å². The Morgan fingerprint density at radius 3 is 2.27 bits per heavy atom. The Bertz CT molecular complexity index is 631. The maximum Gasteiger partial charge on any atom is 0.403 e. The van der Waals surface area contributed by atoms with E-state index < -0.39 is 12.2 Å². The van der Waals surface area contributed by atoms with Crippen molar-refractivity contribution in [2.75, 3.05) is 33.2 Å². The molecule has 1 saturated heterocycles. The molecule has 0 spiro atoms. The van der Waals surface area contributed by atoms with Crippen LogP contribution in [0.25, 0.3) is 0 Å². The van der Waals surface area contributed by atoms with Crippen molar-refractivity contribution in [3.05, 3.63) is 35.4 Å². The first-order valence-corrected chi connectivity index (χ1v) is 8.10. The number of hydrogen-bond donors (Lipinski definition) is 1. The van der Waals surface area contributed by atoms with E-state index in [1.165, 1.54) is 11.8 Å². The van der Waals surface area contributed by atoms with Crippen LogP contribution in [-0.4, -0.2) is 61.2 Å². The predicted octanol–water partition coefficient (Wildman–Crippen LogP) is 2.82. The summed E-state index contributed by atoms with van der Waals surface area (Å²) in [5.74, 6) is 0.670. The largest absolute Gasteiger partial charge is 0.403 e. The van der Waals surface area contributed by atoms with Crippen LogP contribution in [-0.2, 0) is 6.54 Å². The Morgan fingerprint density at radius 2 is 1.81 bits per heavy atom. The zero-order valence-electron chi connectivity index (χ0n) is 14.8. The van der Waals surface area contributed by atoms with E-state index in [2.05, 4.69) is 16.4 Å². The lowest BCUT2D eigenvalue weighted by Gasteiger charge is -2.39. The molecule has 1 aliphatic heterocycles. The highest BCUT2D eigenvalue weighted by Crippen LogP contribution is 2.25. The van der Waals surface area contributed by atoms with E-state index in [0.29, 0.717) is 44.2 Å². The summed E-state index contributed by atoms with van der Waals surface area (Å²) >= 11 is 0. The van der Waals surface area contributed by atoms with Gasteiger partial charge in [-0.3, -0.25) is 9.89 Å². The molecule has 1 aromatic rings. The van der Waals surface area contributed by atoms with Crippen LogP contribution in [0.2, 0.25) is 0 Å². The third-order valence-electron chi connectivity index (χ3n) is 4.38. The number of benzene rings is 1. The van der Waals surface area contributed by atoms with Crippen molar-refractivity contribution in [2.45, 2.75) is 25.7 Å². The number of hydrogen-bond acceptors (Lipinski definition) is 3. The van der Waals surface area contributed by atoms with Crippen LogP contribution in [0.1, 0.15) is 18.1 Å². The maximum absolute atomic E-state index is 12.8. The molecule has 1 aromatic carbocycles. The van der Waals surface area contributed by atoms with Crippen LogP contribution in [0.15, 0.2) is 29.3 Å². The predicted molar refractivity (Wildman–Crippen MR) is 105 cm³/mol. The van der Waals surface area contributed by atoms with Gasteiger partial charge in [0.15, 0.2) is 5.96 Å². The third kappa shape index (κ3) is 6.02. The summed E-state index contributed by atoms with van der Waals surface area (Å²) in [5, 5.41) is 12.0. The molecule has 5 nitrogen and oxygen atoms in total. The highest BCUT2D eigenvalue weighted by molar-refractivity contribution is 14.0. The van der Waals surface area contributed by atoms with Crippen molar-refractivity contribution < 1.29 is 13.2 Å². The first-order chi connectivity index (χ1) is 11.8. The van der Waals surface area contributed by atoms with Gasteiger partial charge in [-0.1, -0.05) is 12.1 Å². The van der Waals surface area contributed by atoms with Crippen LogP contribution < -0.4 is 5.32 Å². The molecule has 1 atom stereocenters. The number of guanidine groups is 1. The number of halogens is 4. The van der Waals surface area contributed by atoms with Crippen LogP contribution in [0.5, 0.6) is 0 Å². The summed E-state index contributed by atoms with van der Waals surface area (Å²) < 4.78 is 38.4. The van der Waals surface area contributed by atoms with Crippen LogP contribution in [0, 0.1) is 11.3 Å². The SMILES string of the molecule is CN=C(NCc1ccc(C#N)cc1)N1CCN(C(C)C(F)(F)F)CC1.I. The minimum absolute atomic E-state index is 0. The fourth-order valence-corrected chi connectivity index (χ4v) is 2.74. The van der Waals surface area contributed by atoms with E-state index in [4.69, 9.17) is 5.26 Å². The summed E-state index contributed by atoms with van der Waals surface area (Å²) in [4.78, 5) is 7.63. The lowest BCUT2D eigenvalue weighted by Crippen LogP contribution is -2.56. The Balaban J connectivity index is 0.00000338. The quantitative estimate of drug-likeness (QED) is 0.410. The number of aliphatic imine (C=N–C) groups is 1. The normalized spacial score (nSPS) is 17.2. The molecule has 1 unspecified atom stereocenters. The number of nitrogens with one attached hydrogen (secondary N) is 1. The van der Waals surface area contributed by atoms with Gasteiger partial charge in [-0.05, 0) is 24.6 Å². The number of nitrogens with zero attached hydrogens (tertiary/aromatic N) is 4. The molecule has 1 heterocycles. The summed E-state index contributed by atoms with van der Waals surface area (Å²) in [6.07, 6.45) is -4.20. The Kier molecular flexibility index (Phi) is 8.62. The van der Waals surface area contributed by atoms with E-state index in [-0.39, 0.29) is 24.0 Å². The number of rotatable bonds is 3. The average Bonchev–Trinajstić information content (AvgIpc) is 2.62. The van der Waals surface area contributed by atoms with Crippen molar-refractivity contribution in [1.29, 1.82) is 5.26 Å². The minimum Gasteiger partial charge on any atom is -0.352 e. The van der Waals surface area contributed by atoms with Gasteiger partial charge in [0.2, 0.25) is 0 Å². The summed E-state index contributed by atoms with van der Waals surface area (Å²) in [7, 11) is 1.66. The van der Waals surface area contributed by atoms with Gasteiger partial charge in [0.05, 0.1) is 11.6 Å². The molecular weight excluding hydrogens is 458 g/mol. The molecule has 9 heteroatoms. The maximum atomic E-state index is 12.8. The fourth-order valence-electron chi connectivity index (χ4n) is 2.74. The molecule has 0 radical (unpaired) electrons. The Morgan fingerprint density at radius 1 is 1.23 bits per heavy atom. The molecule has 2 rings (SSSR count). The molecule has 0 amide bonds. The van der Waals surface area contributed by atoms with Crippen LogP contribution in [0.4, 0.5) is 13.2 Å². The Hall–Kier alpha value is -1.54. The van der Waals surface area contributed by atoms with E-state index >= 15 is 0 Å². The van der Waals surface area contributed by atoms with Gasteiger partial charge < -0.3 is 10.2 Å². The second kappa shape index (κ2) is 9.97. The van der Waals surface area contributed by atoms with Gasteiger partial charge in [-0.15, -0.1) is 24.0 Å². The van der Waals surface area contributed by atoms with Gasteiger partial charge in [-0.2, -0.15) is 18.4 Å². The summed E-state index contributed by atoms with van der Waals surface area (Å²) in [6.45, 7) is 3.42. The highest BCUT2D eigenvalue weighted by Gasteiger charge is 2.41. The third-order valence-corrected chi connectivity index (χ3v) is 4.38. The molecule has 1 aliphatic rings. The van der Waals surface area contributed by atoms with Crippen molar-refractivity contribution in [3.8, 4) is 6.07 Å². The van der Waals surface area contributed by atoms with Crippen molar-refractivity contribution >= 4 is 29.9 Å². The van der Waals surface area contributed by atoms with Crippen LogP contribution in [0.3, 0.4) is 0 Å².